The third-order valence-electron chi connectivity index (χ3n) is 4.37. The highest BCUT2D eigenvalue weighted by Crippen LogP contribution is 2.18. The number of nitrogens with one attached hydrogen (secondary N) is 1. The first kappa shape index (κ1) is 18.5. The van der Waals surface area contributed by atoms with Gasteiger partial charge in [-0.3, -0.25) is 9.78 Å². The molecule has 8 heteroatoms. The Morgan fingerprint density at radius 3 is 2.62 bits per heavy atom. The SMILES string of the molecule is CN1CCN(S(=O)(=O)c2cccc(C(=O)NCc3cccnc3)c2)CC1. The predicted octanol–water partition coefficient (Wildman–Crippen LogP) is 0.948. The van der Waals surface area contributed by atoms with Gasteiger partial charge in [0.05, 0.1) is 4.90 Å². The molecule has 0 bridgehead atoms. The van der Waals surface area contributed by atoms with Crippen LogP contribution < -0.4 is 5.32 Å². The Bertz CT molecular complexity index is 863. The van der Waals surface area contributed by atoms with E-state index in [9.17, 15) is 13.2 Å². The normalized spacial score (nSPS) is 16.3. The number of aromatic nitrogens is 1. The molecular weight excluding hydrogens is 352 g/mol. The molecule has 1 aromatic carbocycles. The minimum Gasteiger partial charge on any atom is -0.348 e. The van der Waals surface area contributed by atoms with Crippen molar-refractivity contribution in [2.45, 2.75) is 11.4 Å². The van der Waals surface area contributed by atoms with Crippen molar-refractivity contribution in [2.24, 2.45) is 0 Å². The molecule has 1 fully saturated rings. The van der Waals surface area contributed by atoms with Crippen molar-refractivity contribution in [2.75, 3.05) is 33.2 Å². The number of pyridine rings is 1. The van der Waals surface area contributed by atoms with E-state index in [2.05, 4.69) is 15.2 Å². The van der Waals surface area contributed by atoms with Crippen LogP contribution in [0.3, 0.4) is 0 Å². The van der Waals surface area contributed by atoms with Gasteiger partial charge in [-0.05, 0) is 36.9 Å². The summed E-state index contributed by atoms with van der Waals surface area (Å²) in [6.45, 7) is 2.64. The number of amides is 1. The molecule has 2 aromatic rings. The van der Waals surface area contributed by atoms with Crippen molar-refractivity contribution in [1.82, 2.24) is 19.5 Å². The summed E-state index contributed by atoms with van der Waals surface area (Å²) in [5, 5.41) is 2.79. The molecule has 0 saturated carbocycles. The lowest BCUT2D eigenvalue weighted by molar-refractivity contribution is 0.0950. The second kappa shape index (κ2) is 7.94. The number of benzene rings is 1. The van der Waals surface area contributed by atoms with E-state index in [1.807, 2.05) is 13.1 Å². The summed E-state index contributed by atoms with van der Waals surface area (Å²) in [5.41, 5.74) is 1.20. The zero-order chi connectivity index (χ0) is 18.6. The first-order valence-corrected chi connectivity index (χ1v) is 9.87. The van der Waals surface area contributed by atoms with Crippen LogP contribution in [-0.2, 0) is 16.6 Å². The van der Waals surface area contributed by atoms with Crippen LogP contribution in [0.5, 0.6) is 0 Å². The minimum absolute atomic E-state index is 0.149. The Labute approximate surface area is 153 Å². The highest BCUT2D eigenvalue weighted by Gasteiger charge is 2.27. The van der Waals surface area contributed by atoms with Crippen LogP contribution in [0.4, 0.5) is 0 Å². The van der Waals surface area contributed by atoms with Crippen LogP contribution in [0.2, 0.25) is 0 Å². The molecule has 1 amide bonds. The van der Waals surface area contributed by atoms with Gasteiger partial charge in [-0.2, -0.15) is 4.31 Å². The van der Waals surface area contributed by atoms with Crippen LogP contribution in [0.1, 0.15) is 15.9 Å². The largest absolute Gasteiger partial charge is 0.348 e. The number of carbonyl (C=O) groups excluding carboxylic acids is 1. The Morgan fingerprint density at radius 2 is 1.92 bits per heavy atom. The van der Waals surface area contributed by atoms with E-state index in [1.165, 1.54) is 16.4 Å². The van der Waals surface area contributed by atoms with Crippen LogP contribution >= 0.6 is 0 Å². The average Bonchev–Trinajstić information content (AvgIpc) is 2.67. The zero-order valence-electron chi connectivity index (χ0n) is 14.6. The van der Waals surface area contributed by atoms with Crippen LogP contribution in [0, 0.1) is 0 Å². The monoisotopic (exact) mass is 374 g/mol. The van der Waals surface area contributed by atoms with Crippen molar-refractivity contribution < 1.29 is 13.2 Å². The average molecular weight is 374 g/mol. The smallest absolute Gasteiger partial charge is 0.251 e. The fourth-order valence-electron chi connectivity index (χ4n) is 2.76. The standard InChI is InChI=1S/C18H22N4O3S/c1-21-8-10-22(11-9-21)26(24,25)17-6-2-5-16(12-17)18(23)20-14-15-4-3-7-19-13-15/h2-7,12-13H,8-11,14H2,1H3,(H,20,23). The van der Waals surface area contributed by atoms with Gasteiger partial charge in [-0.25, -0.2) is 8.42 Å². The maximum Gasteiger partial charge on any atom is 0.251 e. The molecule has 1 aromatic heterocycles. The topological polar surface area (TPSA) is 82.6 Å². The van der Waals surface area contributed by atoms with E-state index in [-0.39, 0.29) is 10.8 Å². The molecule has 0 aliphatic carbocycles. The van der Waals surface area contributed by atoms with Gasteiger partial charge in [-0.15, -0.1) is 0 Å². The van der Waals surface area contributed by atoms with Gasteiger partial charge in [0, 0.05) is 50.7 Å². The Kier molecular flexibility index (Phi) is 5.65. The van der Waals surface area contributed by atoms with Gasteiger partial charge in [0.1, 0.15) is 0 Å². The Morgan fingerprint density at radius 1 is 1.15 bits per heavy atom. The maximum absolute atomic E-state index is 12.8. The number of hydrogen-bond donors (Lipinski definition) is 1. The van der Waals surface area contributed by atoms with Gasteiger partial charge in [0.2, 0.25) is 10.0 Å². The van der Waals surface area contributed by atoms with Crippen LogP contribution in [0.25, 0.3) is 0 Å². The van der Waals surface area contributed by atoms with E-state index in [0.717, 1.165) is 5.56 Å². The van der Waals surface area contributed by atoms with Crippen molar-refractivity contribution in [3.8, 4) is 0 Å². The lowest BCUT2D eigenvalue weighted by Gasteiger charge is -2.31. The zero-order valence-corrected chi connectivity index (χ0v) is 15.4. The van der Waals surface area contributed by atoms with E-state index in [1.54, 1.807) is 30.6 Å². The number of hydrogen-bond acceptors (Lipinski definition) is 5. The molecule has 1 aliphatic heterocycles. The molecule has 1 N–H and O–H groups in total. The molecule has 0 radical (unpaired) electrons. The summed E-state index contributed by atoms with van der Waals surface area (Å²) >= 11 is 0. The third kappa shape index (κ3) is 4.27. The molecule has 3 rings (SSSR count). The first-order chi connectivity index (χ1) is 12.5. The first-order valence-electron chi connectivity index (χ1n) is 8.43. The van der Waals surface area contributed by atoms with Gasteiger partial charge in [0.15, 0.2) is 0 Å². The molecule has 7 nitrogen and oxygen atoms in total. The summed E-state index contributed by atoms with van der Waals surface area (Å²) in [5.74, 6) is -0.315. The second-order valence-electron chi connectivity index (χ2n) is 6.28. The van der Waals surface area contributed by atoms with Gasteiger partial charge < -0.3 is 10.2 Å². The quantitative estimate of drug-likeness (QED) is 0.843. The summed E-state index contributed by atoms with van der Waals surface area (Å²) in [6.07, 6.45) is 3.34. The molecule has 0 atom stereocenters. The van der Waals surface area contributed by atoms with Crippen molar-refractivity contribution in [1.29, 1.82) is 0 Å². The number of rotatable bonds is 5. The molecule has 26 heavy (non-hydrogen) atoms. The summed E-state index contributed by atoms with van der Waals surface area (Å²) < 4.78 is 27.1. The number of sulfonamides is 1. The summed E-state index contributed by atoms with van der Waals surface area (Å²) in [7, 11) is -1.62. The van der Waals surface area contributed by atoms with Crippen LogP contribution in [-0.4, -0.2) is 61.7 Å². The summed E-state index contributed by atoms with van der Waals surface area (Å²) in [4.78, 5) is 18.6. The molecule has 0 spiro atoms. The van der Waals surface area contributed by atoms with E-state index < -0.39 is 10.0 Å². The lowest BCUT2D eigenvalue weighted by atomic mass is 10.2. The molecule has 2 heterocycles. The van der Waals surface area contributed by atoms with Gasteiger partial charge in [0.25, 0.3) is 5.91 Å². The van der Waals surface area contributed by atoms with Crippen molar-refractivity contribution >= 4 is 15.9 Å². The highest BCUT2D eigenvalue weighted by molar-refractivity contribution is 7.89. The third-order valence-corrected chi connectivity index (χ3v) is 6.27. The Hall–Kier alpha value is -2.29. The van der Waals surface area contributed by atoms with Crippen LogP contribution in [0.15, 0.2) is 53.7 Å². The highest BCUT2D eigenvalue weighted by atomic mass is 32.2. The van der Waals surface area contributed by atoms with Gasteiger partial charge >= 0.3 is 0 Å². The summed E-state index contributed by atoms with van der Waals surface area (Å²) in [6, 6.07) is 9.84. The van der Waals surface area contributed by atoms with Gasteiger partial charge in [-0.1, -0.05) is 12.1 Å². The molecular formula is C18H22N4O3S. The maximum atomic E-state index is 12.8. The number of nitrogens with zero attached hydrogens (tertiary/aromatic N) is 3. The molecule has 0 unspecified atom stereocenters. The Balaban J connectivity index is 1.72. The molecule has 1 aliphatic rings. The number of piperazine rings is 1. The van der Waals surface area contributed by atoms with E-state index >= 15 is 0 Å². The molecule has 1 saturated heterocycles. The van der Waals surface area contributed by atoms with E-state index in [0.29, 0.717) is 38.3 Å². The number of likely N-dealkylation sites (N-methyl/N-ethyl adjacent to an activating group) is 1. The fourth-order valence-corrected chi connectivity index (χ4v) is 4.23. The van der Waals surface area contributed by atoms with E-state index in [4.69, 9.17) is 0 Å². The lowest BCUT2D eigenvalue weighted by Crippen LogP contribution is -2.47. The minimum atomic E-state index is -3.59. The fraction of sp³-hybridized carbons (Fsp3) is 0.333. The second-order valence-corrected chi connectivity index (χ2v) is 8.22. The predicted molar refractivity (Wildman–Crippen MR) is 98.1 cm³/mol. The van der Waals surface area contributed by atoms with Crippen molar-refractivity contribution in [3.05, 3.63) is 59.9 Å². The number of carbonyl (C=O) groups is 1. The van der Waals surface area contributed by atoms with Crippen molar-refractivity contribution in [3.63, 3.8) is 0 Å². The molecule has 138 valence electrons.